The van der Waals surface area contributed by atoms with Crippen LogP contribution in [0.2, 0.25) is 0 Å². The molecule has 0 saturated carbocycles. The summed E-state index contributed by atoms with van der Waals surface area (Å²) >= 11 is 0. The van der Waals surface area contributed by atoms with E-state index in [0.29, 0.717) is 5.69 Å². The van der Waals surface area contributed by atoms with Gasteiger partial charge in [0, 0.05) is 5.69 Å². The van der Waals surface area contributed by atoms with Crippen molar-refractivity contribution >= 4 is 11.5 Å². The van der Waals surface area contributed by atoms with E-state index >= 15 is 0 Å². The summed E-state index contributed by atoms with van der Waals surface area (Å²) in [6.07, 6.45) is 0. The third-order valence-corrected chi connectivity index (χ3v) is 5.61. The third kappa shape index (κ3) is 4.55. The Bertz CT molecular complexity index is 1100. The van der Waals surface area contributed by atoms with Crippen molar-refractivity contribution in [1.29, 1.82) is 0 Å². The lowest BCUT2D eigenvalue weighted by Crippen LogP contribution is -2.39. The van der Waals surface area contributed by atoms with Crippen LogP contribution in [0.15, 0.2) is 109 Å². The molecule has 0 radical (unpaired) electrons. The summed E-state index contributed by atoms with van der Waals surface area (Å²) in [6, 6.07) is 34.5. The maximum Gasteiger partial charge on any atom is 0.184 e. The van der Waals surface area contributed by atoms with Crippen molar-refractivity contribution in [1.82, 2.24) is 5.48 Å². The predicted octanol–water partition coefficient (Wildman–Crippen LogP) is 5.56. The van der Waals surface area contributed by atoms with Crippen LogP contribution in [-0.4, -0.2) is 19.4 Å². The highest BCUT2D eigenvalue weighted by Gasteiger charge is 2.37. The molecule has 33 heavy (non-hydrogen) atoms. The lowest BCUT2D eigenvalue weighted by molar-refractivity contribution is 0.0733. The first-order valence-corrected chi connectivity index (χ1v) is 10.7. The monoisotopic (exact) mass is 440 g/mol. The zero-order chi connectivity index (χ0) is 23.1. The molecule has 0 aliphatic carbocycles. The summed E-state index contributed by atoms with van der Waals surface area (Å²) < 4.78 is 15.0. The largest absolute Gasteiger partial charge is 0.367 e. The first-order chi connectivity index (χ1) is 16.2. The number of ketones is 1. The van der Waals surface area contributed by atoms with Gasteiger partial charge >= 0.3 is 0 Å². The van der Waals surface area contributed by atoms with E-state index < -0.39 is 17.1 Å². The van der Waals surface area contributed by atoms with Crippen molar-refractivity contribution in [3.63, 3.8) is 0 Å². The van der Waals surface area contributed by atoms with Crippen molar-refractivity contribution < 1.29 is 14.0 Å². The normalized spacial score (nSPS) is 11.2. The fraction of sp³-hybridized carbons (Fsp3) is 0.107. The van der Waals surface area contributed by atoms with Crippen LogP contribution in [-0.2, 0) is 10.4 Å². The number of carbonyl (C=O) groups excluding carboxylic acids is 1. The molecule has 0 amide bonds. The number of rotatable bonds is 9. The van der Waals surface area contributed by atoms with Crippen LogP contribution >= 0.6 is 0 Å². The maximum absolute atomic E-state index is 15.0. The second-order valence-corrected chi connectivity index (χ2v) is 7.58. The van der Waals surface area contributed by atoms with Gasteiger partial charge in [0.15, 0.2) is 5.78 Å². The predicted molar refractivity (Wildman–Crippen MR) is 129 cm³/mol. The molecular weight excluding hydrogens is 415 g/mol. The van der Waals surface area contributed by atoms with Crippen molar-refractivity contribution in [2.75, 3.05) is 19.0 Å². The number of halogens is 1. The van der Waals surface area contributed by atoms with Gasteiger partial charge in [0.1, 0.15) is 11.4 Å². The lowest BCUT2D eigenvalue weighted by Gasteiger charge is -2.38. The maximum atomic E-state index is 15.0. The van der Waals surface area contributed by atoms with E-state index in [-0.39, 0.29) is 12.1 Å². The Labute approximate surface area is 193 Å². The molecule has 4 aromatic carbocycles. The Hall–Kier alpha value is -3.80. The van der Waals surface area contributed by atoms with Crippen molar-refractivity contribution in [3.8, 4) is 0 Å². The molecule has 0 saturated heterocycles. The first kappa shape index (κ1) is 22.4. The van der Waals surface area contributed by atoms with Gasteiger partial charge in [-0.1, -0.05) is 97.1 Å². The lowest BCUT2D eigenvalue weighted by atomic mass is 9.76. The summed E-state index contributed by atoms with van der Waals surface area (Å²) in [4.78, 5) is 17.7. The molecular formula is C28H25FN2O2. The van der Waals surface area contributed by atoms with E-state index in [0.717, 1.165) is 16.7 Å². The summed E-state index contributed by atoms with van der Waals surface area (Å²) in [5, 5.41) is 3.58. The van der Waals surface area contributed by atoms with E-state index in [1.807, 2.05) is 91.0 Å². The molecule has 0 spiro atoms. The van der Waals surface area contributed by atoms with E-state index in [1.165, 1.54) is 13.2 Å². The molecule has 5 heteroatoms. The average Bonchev–Trinajstić information content (AvgIpc) is 2.87. The quantitative estimate of drug-likeness (QED) is 0.203. The van der Waals surface area contributed by atoms with Gasteiger partial charge in [-0.3, -0.25) is 4.79 Å². The Balaban J connectivity index is 1.97. The standard InChI is InChI=1S/C28H25FN2O2/c1-33-30-20-26(32)27-24(29)18-11-19-25(27)31-28(21-12-5-2-6-13-21,22-14-7-3-8-15-22)23-16-9-4-10-17-23/h2-19,30-31H,20H2,1H3. The van der Waals surface area contributed by atoms with E-state index in [9.17, 15) is 9.18 Å². The van der Waals surface area contributed by atoms with Crippen molar-refractivity contribution in [2.24, 2.45) is 0 Å². The van der Waals surface area contributed by atoms with Gasteiger partial charge in [-0.05, 0) is 28.8 Å². The van der Waals surface area contributed by atoms with Gasteiger partial charge in [-0.15, -0.1) is 0 Å². The number of anilines is 1. The number of carbonyl (C=O) groups is 1. The van der Waals surface area contributed by atoms with Crippen LogP contribution in [0.25, 0.3) is 0 Å². The number of hydrogen-bond donors (Lipinski definition) is 2. The molecule has 4 rings (SSSR count). The smallest absolute Gasteiger partial charge is 0.184 e. The Morgan fingerprint density at radius 3 is 1.70 bits per heavy atom. The van der Waals surface area contributed by atoms with Crippen LogP contribution in [0.1, 0.15) is 27.0 Å². The highest BCUT2D eigenvalue weighted by Crippen LogP contribution is 2.41. The summed E-state index contributed by atoms with van der Waals surface area (Å²) in [6.45, 7) is -0.152. The van der Waals surface area contributed by atoms with Crippen LogP contribution in [0, 0.1) is 5.82 Å². The highest BCUT2D eigenvalue weighted by molar-refractivity contribution is 6.03. The number of nitrogens with one attached hydrogen (secondary N) is 2. The number of benzene rings is 4. The number of Topliss-reactive ketones (excluding diaryl/α,β-unsaturated/α-hetero) is 1. The van der Waals surface area contributed by atoms with Crippen LogP contribution < -0.4 is 10.8 Å². The highest BCUT2D eigenvalue weighted by atomic mass is 19.1. The van der Waals surface area contributed by atoms with Crippen LogP contribution in [0.4, 0.5) is 10.1 Å². The molecule has 0 aliphatic rings. The summed E-state index contributed by atoms with van der Waals surface area (Å²) in [5.74, 6) is -1.01. The Morgan fingerprint density at radius 1 is 0.758 bits per heavy atom. The third-order valence-electron chi connectivity index (χ3n) is 5.61. The van der Waals surface area contributed by atoms with Crippen molar-refractivity contribution in [3.05, 3.63) is 137 Å². The van der Waals surface area contributed by atoms with E-state index in [1.54, 1.807) is 12.1 Å². The van der Waals surface area contributed by atoms with Gasteiger partial charge in [0.2, 0.25) is 0 Å². The first-order valence-electron chi connectivity index (χ1n) is 10.7. The van der Waals surface area contributed by atoms with Crippen molar-refractivity contribution in [2.45, 2.75) is 5.54 Å². The minimum Gasteiger partial charge on any atom is -0.367 e. The summed E-state index contributed by atoms with van der Waals surface area (Å²) in [7, 11) is 1.42. The van der Waals surface area contributed by atoms with Crippen LogP contribution in [0.5, 0.6) is 0 Å². The number of hydrogen-bond acceptors (Lipinski definition) is 4. The van der Waals surface area contributed by atoms with Gasteiger partial charge in [-0.25, -0.2) is 4.39 Å². The second kappa shape index (κ2) is 10.2. The fourth-order valence-corrected chi connectivity index (χ4v) is 4.12. The molecule has 0 bridgehead atoms. The SMILES string of the molecule is CONCC(=O)c1c(F)cccc1NC(c1ccccc1)(c1ccccc1)c1ccccc1. The molecule has 4 nitrogen and oxygen atoms in total. The second-order valence-electron chi connectivity index (χ2n) is 7.58. The van der Waals surface area contributed by atoms with Gasteiger partial charge < -0.3 is 10.2 Å². The molecule has 166 valence electrons. The molecule has 2 N–H and O–H groups in total. The molecule has 4 aromatic rings. The van der Waals surface area contributed by atoms with Gasteiger partial charge in [-0.2, -0.15) is 5.48 Å². The molecule has 0 heterocycles. The van der Waals surface area contributed by atoms with Gasteiger partial charge in [0.05, 0.1) is 19.2 Å². The molecule has 0 atom stereocenters. The minimum absolute atomic E-state index is 0.0192. The van der Waals surface area contributed by atoms with Gasteiger partial charge in [0.25, 0.3) is 0 Å². The van der Waals surface area contributed by atoms with E-state index in [4.69, 9.17) is 4.84 Å². The Kier molecular flexibility index (Phi) is 6.93. The topological polar surface area (TPSA) is 50.4 Å². The zero-order valence-corrected chi connectivity index (χ0v) is 18.3. The molecule has 0 fully saturated rings. The molecule has 0 aromatic heterocycles. The Morgan fingerprint density at radius 2 is 1.24 bits per heavy atom. The molecule has 0 unspecified atom stereocenters. The summed E-state index contributed by atoms with van der Waals surface area (Å²) in [5.41, 5.74) is 4.89. The van der Waals surface area contributed by atoms with Crippen LogP contribution in [0.3, 0.4) is 0 Å². The number of hydroxylamine groups is 1. The van der Waals surface area contributed by atoms with E-state index in [2.05, 4.69) is 10.8 Å². The average molecular weight is 441 g/mol. The fourth-order valence-electron chi connectivity index (χ4n) is 4.12. The molecule has 0 aliphatic heterocycles. The zero-order valence-electron chi connectivity index (χ0n) is 18.3. The minimum atomic E-state index is -0.874.